The Kier molecular flexibility index (Phi) is 5.14. The van der Waals surface area contributed by atoms with Gasteiger partial charge < -0.3 is 12.0 Å². The molecule has 0 radical (unpaired) electrons. The summed E-state index contributed by atoms with van der Waals surface area (Å²) in [6.45, 7) is -0.127. The van der Waals surface area contributed by atoms with Crippen molar-refractivity contribution < 1.29 is 40.6 Å². The summed E-state index contributed by atoms with van der Waals surface area (Å²) in [5, 5.41) is 0. The Labute approximate surface area is 87.3 Å². The van der Waals surface area contributed by atoms with Crippen molar-refractivity contribution in [3.8, 4) is 0 Å². The number of rotatable bonds is 2. The molecule has 0 atom stereocenters. The molecule has 5 nitrogen and oxygen atoms in total. The molecule has 1 heterocycles. The molecule has 0 saturated carbocycles. The Morgan fingerprint density at radius 3 is 3.00 bits per heavy atom. The molecule has 0 spiro atoms. The predicted molar refractivity (Wildman–Crippen MR) is 34.0 cm³/mol. The SMILES string of the molecule is NCC(=O)On1ccnc1.[H-].[Na+]. The molecule has 0 aromatic carbocycles. The fourth-order valence-electron chi connectivity index (χ4n) is 0.456. The Morgan fingerprint density at radius 2 is 2.55 bits per heavy atom. The van der Waals surface area contributed by atoms with Crippen LogP contribution in [0.2, 0.25) is 0 Å². The topological polar surface area (TPSA) is 70.1 Å². The van der Waals surface area contributed by atoms with E-state index >= 15 is 0 Å². The maximum Gasteiger partial charge on any atom is 1.00 e. The molecule has 0 aliphatic rings. The van der Waals surface area contributed by atoms with E-state index in [0.29, 0.717) is 0 Å². The summed E-state index contributed by atoms with van der Waals surface area (Å²) in [5.41, 5.74) is 4.98. The first kappa shape index (κ1) is 10.6. The third-order valence-corrected chi connectivity index (χ3v) is 0.854. The fraction of sp³-hybridized carbons (Fsp3) is 0.200. The van der Waals surface area contributed by atoms with Crippen molar-refractivity contribution >= 4 is 5.97 Å². The largest absolute Gasteiger partial charge is 1.00 e. The van der Waals surface area contributed by atoms with Crippen LogP contribution in [0.1, 0.15) is 1.43 Å². The van der Waals surface area contributed by atoms with Gasteiger partial charge in [-0.3, -0.25) is 0 Å². The molecule has 0 fully saturated rings. The quantitative estimate of drug-likeness (QED) is 0.452. The Balaban J connectivity index is 0. The maximum atomic E-state index is 10.5. The molecule has 0 bridgehead atoms. The van der Waals surface area contributed by atoms with Crippen molar-refractivity contribution in [3.63, 3.8) is 0 Å². The average molecular weight is 165 g/mol. The molecule has 0 amide bonds. The number of carbonyl (C=O) groups is 1. The van der Waals surface area contributed by atoms with Gasteiger partial charge in [-0.2, -0.15) is 4.73 Å². The van der Waals surface area contributed by atoms with Crippen molar-refractivity contribution in [2.45, 2.75) is 0 Å². The molecule has 0 saturated heterocycles. The number of nitrogens with two attached hydrogens (primary N) is 1. The molecule has 0 aliphatic carbocycles. The van der Waals surface area contributed by atoms with E-state index in [9.17, 15) is 4.79 Å². The molecule has 6 heteroatoms. The van der Waals surface area contributed by atoms with E-state index in [1.807, 2.05) is 0 Å². The maximum absolute atomic E-state index is 10.5. The fourth-order valence-corrected chi connectivity index (χ4v) is 0.456. The molecule has 1 aromatic heterocycles. The minimum absolute atomic E-state index is 0. The van der Waals surface area contributed by atoms with Gasteiger partial charge in [0.15, 0.2) is 0 Å². The second-order valence-corrected chi connectivity index (χ2v) is 1.59. The van der Waals surface area contributed by atoms with Crippen LogP contribution >= 0.6 is 0 Å². The van der Waals surface area contributed by atoms with Gasteiger partial charge in [0.1, 0.15) is 6.33 Å². The van der Waals surface area contributed by atoms with E-state index in [0.717, 1.165) is 0 Å². The van der Waals surface area contributed by atoms with Gasteiger partial charge in [-0.05, 0) is 0 Å². The summed E-state index contributed by atoms with van der Waals surface area (Å²) in [6.07, 6.45) is 4.38. The van der Waals surface area contributed by atoms with Crippen LogP contribution in [0.5, 0.6) is 0 Å². The number of hydrogen-bond donors (Lipinski definition) is 1. The summed E-state index contributed by atoms with van der Waals surface area (Å²) in [5.74, 6) is -0.488. The molecule has 0 aliphatic heterocycles. The first-order valence-corrected chi connectivity index (χ1v) is 2.72. The van der Waals surface area contributed by atoms with Crippen LogP contribution < -0.4 is 40.1 Å². The predicted octanol–water partition coefficient (Wildman–Crippen LogP) is -4.09. The van der Waals surface area contributed by atoms with Crippen molar-refractivity contribution in [3.05, 3.63) is 18.7 Å². The second kappa shape index (κ2) is 5.31. The Hall–Kier alpha value is -0.360. The van der Waals surface area contributed by atoms with Crippen LogP contribution in [0.25, 0.3) is 0 Å². The van der Waals surface area contributed by atoms with Crippen LogP contribution in [-0.2, 0) is 4.79 Å². The van der Waals surface area contributed by atoms with Crippen LogP contribution in [0.4, 0.5) is 0 Å². The Morgan fingerprint density at radius 1 is 1.82 bits per heavy atom. The van der Waals surface area contributed by atoms with Crippen molar-refractivity contribution in [1.82, 2.24) is 9.71 Å². The zero-order valence-electron chi connectivity index (χ0n) is 7.23. The van der Waals surface area contributed by atoms with Crippen molar-refractivity contribution in [1.29, 1.82) is 0 Å². The number of nitrogens with zero attached hydrogens (tertiary/aromatic N) is 2. The van der Waals surface area contributed by atoms with Crippen molar-refractivity contribution in [2.24, 2.45) is 5.73 Å². The Bertz CT molecular complexity index is 216. The smallest absolute Gasteiger partial charge is 1.00 e. The molecule has 0 unspecified atom stereocenters. The molecule has 56 valence electrons. The van der Waals surface area contributed by atoms with E-state index in [1.165, 1.54) is 23.5 Å². The molecular weight excluding hydrogens is 157 g/mol. The van der Waals surface area contributed by atoms with Gasteiger partial charge in [0.25, 0.3) is 0 Å². The summed E-state index contributed by atoms with van der Waals surface area (Å²) in [6, 6.07) is 0. The van der Waals surface area contributed by atoms with E-state index in [1.54, 1.807) is 0 Å². The molecule has 1 aromatic rings. The summed E-state index contributed by atoms with van der Waals surface area (Å²) >= 11 is 0. The minimum atomic E-state index is -0.488. The standard InChI is InChI=1S/C5H7N3O2.Na.H/c6-3-5(9)10-8-2-1-7-4-8;;/h1-2,4H,3,6H2;;/q;+1;-1. The molecule has 2 N–H and O–H groups in total. The van der Waals surface area contributed by atoms with Gasteiger partial charge in [0.2, 0.25) is 0 Å². The summed E-state index contributed by atoms with van der Waals surface area (Å²) < 4.78 is 1.19. The van der Waals surface area contributed by atoms with Gasteiger partial charge in [0, 0.05) is 6.20 Å². The number of carbonyl (C=O) groups excluding carboxylic acids is 1. The monoisotopic (exact) mass is 165 g/mol. The second-order valence-electron chi connectivity index (χ2n) is 1.59. The third kappa shape index (κ3) is 3.52. The van der Waals surface area contributed by atoms with Gasteiger partial charge in [0.05, 0.1) is 12.7 Å². The zero-order chi connectivity index (χ0) is 7.40. The summed E-state index contributed by atoms with van der Waals surface area (Å²) in [7, 11) is 0. The van der Waals surface area contributed by atoms with Crippen LogP contribution in [-0.4, -0.2) is 22.2 Å². The average Bonchev–Trinajstić information content (AvgIpc) is 2.40. The van der Waals surface area contributed by atoms with Gasteiger partial charge in [-0.25, -0.2) is 9.78 Å². The third-order valence-electron chi connectivity index (χ3n) is 0.854. The first-order chi connectivity index (χ1) is 4.83. The zero-order valence-corrected chi connectivity index (χ0v) is 8.23. The van der Waals surface area contributed by atoms with Crippen LogP contribution in [0, 0.1) is 0 Å². The number of hydrogen-bond acceptors (Lipinski definition) is 4. The first-order valence-electron chi connectivity index (χ1n) is 2.72. The van der Waals surface area contributed by atoms with E-state index in [2.05, 4.69) is 9.82 Å². The van der Waals surface area contributed by atoms with Gasteiger partial charge >= 0.3 is 35.5 Å². The summed E-state index contributed by atoms with van der Waals surface area (Å²) in [4.78, 5) is 18.7. The normalized spacial score (nSPS) is 8.45. The van der Waals surface area contributed by atoms with Gasteiger partial charge in [-0.1, -0.05) is 0 Å². The minimum Gasteiger partial charge on any atom is -1.00 e. The molecule has 11 heavy (non-hydrogen) atoms. The number of aromatic nitrogens is 2. The van der Waals surface area contributed by atoms with E-state index in [4.69, 9.17) is 5.73 Å². The van der Waals surface area contributed by atoms with Crippen LogP contribution in [0.15, 0.2) is 18.7 Å². The molecule has 1 rings (SSSR count). The number of imidazole rings is 1. The van der Waals surface area contributed by atoms with E-state index in [-0.39, 0.29) is 37.5 Å². The van der Waals surface area contributed by atoms with E-state index < -0.39 is 5.97 Å². The van der Waals surface area contributed by atoms with Crippen LogP contribution in [0.3, 0.4) is 0 Å². The van der Waals surface area contributed by atoms with Crippen molar-refractivity contribution in [2.75, 3.05) is 6.54 Å². The molecular formula is C5H8N3NaO2. The van der Waals surface area contributed by atoms with Gasteiger partial charge in [-0.15, -0.1) is 0 Å².